The quantitative estimate of drug-likeness (QED) is 0.384. The summed E-state index contributed by atoms with van der Waals surface area (Å²) in [6.45, 7) is 3.84. The van der Waals surface area contributed by atoms with Crippen molar-refractivity contribution in [2.45, 2.75) is 19.9 Å². The van der Waals surface area contributed by atoms with Crippen LogP contribution in [0.15, 0.2) is 88.5 Å². The van der Waals surface area contributed by atoms with Crippen LogP contribution in [-0.4, -0.2) is 23.9 Å². The van der Waals surface area contributed by atoms with Crippen LogP contribution in [0.2, 0.25) is 0 Å². The number of carbonyl (C=O) groups is 2. The SMILES string of the molecule is COc1cccc2cc(C(=O)C3=C(O)C(=O)N(c4cccc(C)c4)C3c3ccccc3C)oc12. The van der Waals surface area contributed by atoms with Gasteiger partial charge < -0.3 is 14.3 Å². The molecule has 0 spiro atoms. The summed E-state index contributed by atoms with van der Waals surface area (Å²) in [6, 6.07) is 21.1. The molecular weight excluding hydrogens is 430 g/mol. The van der Waals surface area contributed by atoms with Crippen molar-refractivity contribution in [3.8, 4) is 5.75 Å². The van der Waals surface area contributed by atoms with E-state index < -0.39 is 23.5 Å². The fraction of sp³-hybridized carbons (Fsp3) is 0.143. The molecule has 0 radical (unpaired) electrons. The third-order valence-corrected chi connectivity index (χ3v) is 6.17. The summed E-state index contributed by atoms with van der Waals surface area (Å²) in [5, 5.41) is 11.7. The Morgan fingerprint density at radius 2 is 1.76 bits per heavy atom. The van der Waals surface area contributed by atoms with E-state index >= 15 is 0 Å². The third-order valence-electron chi connectivity index (χ3n) is 6.17. The van der Waals surface area contributed by atoms with Gasteiger partial charge in [-0.2, -0.15) is 0 Å². The average molecular weight is 453 g/mol. The smallest absolute Gasteiger partial charge is 0.294 e. The van der Waals surface area contributed by atoms with Gasteiger partial charge in [-0.15, -0.1) is 0 Å². The zero-order chi connectivity index (χ0) is 24.0. The Bertz CT molecular complexity index is 1480. The standard InChI is InChI=1S/C28H23NO5/c1-16-8-6-11-19(14-16)29-24(20-12-5-4-9-17(20)2)23(26(31)28(29)32)25(30)22-15-18-10-7-13-21(33-3)27(18)34-22/h4-15,24,31H,1-3H3. The van der Waals surface area contributed by atoms with Gasteiger partial charge in [0.2, 0.25) is 5.78 Å². The van der Waals surface area contributed by atoms with Crippen molar-refractivity contribution < 1.29 is 23.8 Å². The number of hydrogen-bond acceptors (Lipinski definition) is 5. The van der Waals surface area contributed by atoms with Crippen LogP contribution in [0, 0.1) is 13.8 Å². The van der Waals surface area contributed by atoms with E-state index in [0.717, 1.165) is 16.7 Å². The van der Waals surface area contributed by atoms with Crippen molar-refractivity contribution >= 4 is 28.3 Å². The summed E-state index contributed by atoms with van der Waals surface area (Å²) < 4.78 is 11.2. The number of carbonyl (C=O) groups excluding carboxylic acids is 2. The highest BCUT2D eigenvalue weighted by Gasteiger charge is 2.45. The maximum atomic E-state index is 13.8. The molecule has 6 nitrogen and oxygen atoms in total. The average Bonchev–Trinajstić information content (AvgIpc) is 3.38. The number of anilines is 1. The number of rotatable bonds is 5. The van der Waals surface area contributed by atoms with Crippen LogP contribution in [-0.2, 0) is 4.79 Å². The number of hydrogen-bond donors (Lipinski definition) is 1. The normalized spacial score (nSPS) is 15.9. The van der Waals surface area contributed by atoms with Gasteiger partial charge in [-0.1, -0.05) is 48.5 Å². The first-order chi connectivity index (χ1) is 16.4. The molecule has 1 amide bonds. The molecule has 0 aliphatic carbocycles. The van der Waals surface area contributed by atoms with Crippen LogP contribution in [0.4, 0.5) is 5.69 Å². The maximum Gasteiger partial charge on any atom is 0.294 e. The minimum atomic E-state index is -0.807. The largest absolute Gasteiger partial charge is 0.503 e. The van der Waals surface area contributed by atoms with Gasteiger partial charge in [-0.25, -0.2) is 0 Å². The molecule has 1 N–H and O–H groups in total. The first-order valence-electron chi connectivity index (χ1n) is 10.9. The summed E-state index contributed by atoms with van der Waals surface area (Å²) in [5.74, 6) is -1.23. The highest BCUT2D eigenvalue weighted by molar-refractivity contribution is 6.20. The predicted molar refractivity (Wildman–Crippen MR) is 129 cm³/mol. The Labute approximate surface area is 196 Å². The molecule has 4 aromatic rings. The molecule has 1 aromatic heterocycles. The molecule has 0 saturated heterocycles. The van der Waals surface area contributed by atoms with Crippen molar-refractivity contribution in [1.82, 2.24) is 0 Å². The molecule has 34 heavy (non-hydrogen) atoms. The van der Waals surface area contributed by atoms with Crippen LogP contribution in [0.25, 0.3) is 11.0 Å². The number of benzene rings is 3. The molecule has 0 fully saturated rings. The Morgan fingerprint density at radius 1 is 1.00 bits per heavy atom. The van der Waals surface area contributed by atoms with Gasteiger partial charge in [0.05, 0.1) is 18.7 Å². The highest BCUT2D eigenvalue weighted by Crippen LogP contribution is 2.43. The topological polar surface area (TPSA) is 80.0 Å². The number of para-hydroxylation sites is 1. The fourth-order valence-corrected chi connectivity index (χ4v) is 4.51. The second-order valence-corrected chi connectivity index (χ2v) is 8.35. The second-order valence-electron chi connectivity index (χ2n) is 8.35. The van der Waals surface area contributed by atoms with E-state index in [1.54, 1.807) is 24.3 Å². The number of furan rings is 1. The second kappa shape index (κ2) is 8.23. The zero-order valence-electron chi connectivity index (χ0n) is 19.0. The van der Waals surface area contributed by atoms with Gasteiger partial charge in [0, 0.05) is 11.1 Å². The van der Waals surface area contributed by atoms with Crippen LogP contribution in [0.1, 0.15) is 33.3 Å². The van der Waals surface area contributed by atoms with Gasteiger partial charge in [-0.05, 0) is 54.8 Å². The number of nitrogens with zero attached hydrogens (tertiary/aromatic N) is 1. The van der Waals surface area contributed by atoms with Crippen molar-refractivity contribution in [3.05, 3.63) is 107 Å². The van der Waals surface area contributed by atoms with Crippen LogP contribution in [0.3, 0.4) is 0 Å². The van der Waals surface area contributed by atoms with Crippen molar-refractivity contribution in [2.75, 3.05) is 12.0 Å². The lowest BCUT2D eigenvalue weighted by Crippen LogP contribution is -2.31. The molecule has 0 saturated carbocycles. The molecule has 1 unspecified atom stereocenters. The molecule has 2 heterocycles. The summed E-state index contributed by atoms with van der Waals surface area (Å²) in [7, 11) is 1.52. The van der Waals surface area contributed by atoms with Crippen LogP contribution in [0.5, 0.6) is 5.75 Å². The van der Waals surface area contributed by atoms with E-state index in [9.17, 15) is 14.7 Å². The molecule has 1 aliphatic rings. The van der Waals surface area contributed by atoms with E-state index in [1.807, 2.05) is 62.4 Å². The Morgan fingerprint density at radius 3 is 2.50 bits per heavy atom. The van der Waals surface area contributed by atoms with Gasteiger partial charge in [0.1, 0.15) is 0 Å². The number of aliphatic hydroxyl groups excluding tert-OH is 1. The summed E-state index contributed by atoms with van der Waals surface area (Å²) in [6.07, 6.45) is 0. The Balaban J connectivity index is 1.69. The number of ether oxygens (including phenoxy) is 1. The fourth-order valence-electron chi connectivity index (χ4n) is 4.51. The van der Waals surface area contributed by atoms with Gasteiger partial charge >= 0.3 is 0 Å². The van der Waals surface area contributed by atoms with Crippen molar-refractivity contribution in [3.63, 3.8) is 0 Å². The Hall–Kier alpha value is -4.32. The lowest BCUT2D eigenvalue weighted by atomic mass is 9.92. The lowest BCUT2D eigenvalue weighted by molar-refractivity contribution is -0.117. The predicted octanol–water partition coefficient (Wildman–Crippen LogP) is 5.84. The van der Waals surface area contributed by atoms with Crippen LogP contribution < -0.4 is 9.64 Å². The molecule has 3 aromatic carbocycles. The monoisotopic (exact) mass is 453 g/mol. The maximum absolute atomic E-state index is 13.8. The molecule has 170 valence electrons. The van der Waals surface area contributed by atoms with Crippen molar-refractivity contribution in [1.29, 1.82) is 0 Å². The first-order valence-corrected chi connectivity index (χ1v) is 10.9. The Kier molecular flexibility index (Phi) is 5.21. The molecule has 5 rings (SSSR count). The number of amides is 1. The number of methoxy groups -OCH3 is 1. The highest BCUT2D eigenvalue weighted by atomic mass is 16.5. The number of aliphatic hydroxyl groups is 1. The van der Waals surface area contributed by atoms with E-state index in [4.69, 9.17) is 9.15 Å². The molecular formula is C28H23NO5. The lowest BCUT2D eigenvalue weighted by Gasteiger charge is -2.28. The first kappa shape index (κ1) is 21.5. The van der Waals surface area contributed by atoms with E-state index in [2.05, 4.69) is 0 Å². The molecule has 6 heteroatoms. The van der Waals surface area contributed by atoms with Gasteiger partial charge in [-0.3, -0.25) is 14.5 Å². The molecule has 1 aliphatic heterocycles. The van der Waals surface area contributed by atoms with Gasteiger partial charge in [0.15, 0.2) is 22.9 Å². The number of aryl methyl sites for hydroxylation is 2. The van der Waals surface area contributed by atoms with Crippen molar-refractivity contribution in [2.24, 2.45) is 0 Å². The molecule has 1 atom stereocenters. The minimum Gasteiger partial charge on any atom is -0.503 e. The summed E-state index contributed by atoms with van der Waals surface area (Å²) >= 11 is 0. The number of fused-ring (bicyclic) bond motifs is 1. The minimum absolute atomic E-state index is 0.0150. The number of ketones is 1. The van der Waals surface area contributed by atoms with Gasteiger partial charge in [0.25, 0.3) is 5.91 Å². The summed E-state index contributed by atoms with van der Waals surface area (Å²) in [5.41, 5.74) is 3.61. The van der Waals surface area contributed by atoms with Crippen LogP contribution >= 0.6 is 0 Å². The zero-order valence-corrected chi connectivity index (χ0v) is 19.0. The molecule has 0 bridgehead atoms. The summed E-state index contributed by atoms with van der Waals surface area (Å²) in [4.78, 5) is 28.6. The number of Topliss-reactive ketones (excluding diaryl/α,β-unsaturated/α-hetero) is 1. The van der Waals surface area contributed by atoms with E-state index in [-0.39, 0.29) is 11.3 Å². The van der Waals surface area contributed by atoms with E-state index in [0.29, 0.717) is 22.4 Å². The third kappa shape index (κ3) is 3.35. The van der Waals surface area contributed by atoms with E-state index in [1.165, 1.54) is 12.0 Å².